The highest BCUT2D eigenvalue weighted by molar-refractivity contribution is 6.37. The van der Waals surface area contributed by atoms with Crippen molar-refractivity contribution in [3.05, 3.63) is 60.2 Å². The normalized spacial score (nSPS) is 15.8. The van der Waals surface area contributed by atoms with Crippen molar-refractivity contribution < 1.29 is 9.59 Å². The number of benzene rings is 1. The van der Waals surface area contributed by atoms with E-state index >= 15 is 0 Å². The highest BCUT2D eigenvalue weighted by atomic mass is 16.2. The number of nitrogens with one attached hydrogen (secondary N) is 1. The van der Waals surface area contributed by atoms with E-state index in [1.165, 1.54) is 0 Å². The average molecular weight is 454 g/mol. The lowest BCUT2D eigenvalue weighted by Gasteiger charge is -2.28. The van der Waals surface area contributed by atoms with Crippen LogP contribution in [0.5, 0.6) is 0 Å². The fraction of sp³-hybridized carbons (Fsp3) is 0.500. The molecule has 1 aliphatic heterocycles. The lowest BCUT2D eigenvalue weighted by Crippen LogP contribution is -2.49. The quantitative estimate of drug-likeness (QED) is 0.528. The Labute approximate surface area is 198 Å². The summed E-state index contributed by atoms with van der Waals surface area (Å²) in [6.45, 7) is 11.6. The summed E-state index contributed by atoms with van der Waals surface area (Å²) in [4.78, 5) is 36.5. The second-order valence-electron chi connectivity index (χ2n) is 7.99. The summed E-state index contributed by atoms with van der Waals surface area (Å²) < 4.78 is 0. The van der Waals surface area contributed by atoms with E-state index in [-0.39, 0.29) is 18.4 Å². The molecule has 7 heteroatoms. The van der Waals surface area contributed by atoms with Crippen LogP contribution in [0.4, 0.5) is 0 Å². The van der Waals surface area contributed by atoms with E-state index in [1.54, 1.807) is 4.90 Å². The Hall–Kier alpha value is -2.93. The van der Waals surface area contributed by atoms with Crippen LogP contribution in [-0.2, 0) is 16.1 Å². The molecule has 0 radical (unpaired) electrons. The number of amidine groups is 1. The summed E-state index contributed by atoms with van der Waals surface area (Å²) in [5.41, 5.74) is 1.10. The van der Waals surface area contributed by atoms with E-state index < -0.39 is 0 Å². The molecule has 0 bridgehead atoms. The Balaban J connectivity index is 2.05. The van der Waals surface area contributed by atoms with Gasteiger partial charge in [0, 0.05) is 32.7 Å². The molecule has 0 aromatic heterocycles. The monoisotopic (exact) mass is 453 g/mol. The fourth-order valence-corrected chi connectivity index (χ4v) is 3.67. The number of aliphatic imine (C=N–C) groups is 1. The number of hydrogen-bond donors (Lipinski definition) is 1. The molecular weight excluding hydrogens is 414 g/mol. The van der Waals surface area contributed by atoms with Gasteiger partial charge in [0.15, 0.2) is 5.84 Å². The van der Waals surface area contributed by atoms with Crippen molar-refractivity contribution in [1.82, 2.24) is 20.0 Å². The largest absolute Gasteiger partial charge is 0.353 e. The SMILES string of the molecule is CCCN(CC)CCNC(=O)CN(CC)C(=O)C1=NC/C=C\C=C/CN1Cc1ccccc1. The van der Waals surface area contributed by atoms with Gasteiger partial charge in [-0.15, -0.1) is 0 Å². The van der Waals surface area contributed by atoms with Crippen LogP contribution >= 0.6 is 0 Å². The third-order valence-corrected chi connectivity index (χ3v) is 5.50. The van der Waals surface area contributed by atoms with Gasteiger partial charge in [0.2, 0.25) is 5.91 Å². The molecule has 0 atom stereocenters. The molecular formula is C26H39N5O2. The minimum Gasteiger partial charge on any atom is -0.353 e. The van der Waals surface area contributed by atoms with E-state index in [9.17, 15) is 9.59 Å². The van der Waals surface area contributed by atoms with Gasteiger partial charge in [-0.2, -0.15) is 0 Å². The maximum atomic E-state index is 13.5. The van der Waals surface area contributed by atoms with Crippen molar-refractivity contribution in [2.24, 2.45) is 4.99 Å². The Kier molecular flexibility index (Phi) is 12.0. The highest BCUT2D eigenvalue weighted by Gasteiger charge is 2.25. The number of carbonyl (C=O) groups is 2. The van der Waals surface area contributed by atoms with Gasteiger partial charge in [0.1, 0.15) is 0 Å². The van der Waals surface area contributed by atoms with Crippen LogP contribution in [-0.4, -0.2) is 84.7 Å². The molecule has 2 amide bonds. The zero-order chi connectivity index (χ0) is 23.9. The van der Waals surface area contributed by atoms with Gasteiger partial charge in [-0.05, 0) is 32.0 Å². The van der Waals surface area contributed by atoms with E-state index in [4.69, 9.17) is 0 Å². The van der Waals surface area contributed by atoms with Crippen LogP contribution < -0.4 is 5.32 Å². The van der Waals surface area contributed by atoms with Crippen molar-refractivity contribution in [2.75, 3.05) is 52.4 Å². The Morgan fingerprint density at radius 3 is 2.48 bits per heavy atom. The molecule has 0 unspecified atom stereocenters. The zero-order valence-corrected chi connectivity index (χ0v) is 20.4. The van der Waals surface area contributed by atoms with E-state index in [2.05, 4.69) is 29.1 Å². The molecule has 0 aliphatic carbocycles. The Morgan fingerprint density at radius 2 is 1.79 bits per heavy atom. The first kappa shape index (κ1) is 26.3. The maximum Gasteiger partial charge on any atom is 0.289 e. The average Bonchev–Trinajstić information content (AvgIpc) is 2.94. The molecule has 1 aromatic rings. The number of hydrogen-bond acceptors (Lipinski definition) is 5. The van der Waals surface area contributed by atoms with E-state index in [0.29, 0.717) is 38.6 Å². The molecule has 1 heterocycles. The number of allylic oxidation sites excluding steroid dienone is 2. The zero-order valence-electron chi connectivity index (χ0n) is 20.4. The molecule has 0 saturated heterocycles. The van der Waals surface area contributed by atoms with Crippen LogP contribution in [0.25, 0.3) is 0 Å². The third kappa shape index (κ3) is 9.22. The first-order chi connectivity index (χ1) is 16.1. The Morgan fingerprint density at radius 1 is 1.03 bits per heavy atom. The van der Waals surface area contributed by atoms with E-state index in [1.807, 2.05) is 66.5 Å². The number of nitrogens with zero attached hydrogens (tertiary/aromatic N) is 4. The molecule has 7 nitrogen and oxygen atoms in total. The van der Waals surface area contributed by atoms with Crippen LogP contribution in [0.15, 0.2) is 59.6 Å². The number of rotatable bonds is 12. The van der Waals surface area contributed by atoms with Gasteiger partial charge >= 0.3 is 0 Å². The molecule has 2 rings (SSSR count). The summed E-state index contributed by atoms with van der Waals surface area (Å²) in [7, 11) is 0. The van der Waals surface area contributed by atoms with Crippen molar-refractivity contribution in [3.8, 4) is 0 Å². The maximum absolute atomic E-state index is 13.5. The highest BCUT2D eigenvalue weighted by Crippen LogP contribution is 2.09. The lowest BCUT2D eigenvalue weighted by atomic mass is 10.2. The van der Waals surface area contributed by atoms with Crippen LogP contribution in [0.2, 0.25) is 0 Å². The van der Waals surface area contributed by atoms with Crippen molar-refractivity contribution in [3.63, 3.8) is 0 Å². The molecule has 1 aliphatic rings. The second kappa shape index (κ2) is 15.0. The predicted molar refractivity (Wildman–Crippen MR) is 135 cm³/mol. The topological polar surface area (TPSA) is 68.2 Å². The number of amides is 2. The minimum atomic E-state index is -0.214. The molecule has 33 heavy (non-hydrogen) atoms. The first-order valence-electron chi connectivity index (χ1n) is 12.0. The smallest absolute Gasteiger partial charge is 0.289 e. The minimum absolute atomic E-state index is 0.0269. The van der Waals surface area contributed by atoms with Gasteiger partial charge in [-0.1, -0.05) is 68.5 Å². The van der Waals surface area contributed by atoms with Crippen molar-refractivity contribution in [1.29, 1.82) is 0 Å². The number of carbonyl (C=O) groups excluding carboxylic acids is 2. The molecule has 1 aromatic carbocycles. The van der Waals surface area contributed by atoms with E-state index in [0.717, 1.165) is 31.6 Å². The molecule has 0 fully saturated rings. The summed E-state index contributed by atoms with van der Waals surface area (Å²) in [5.74, 6) is 0.0362. The first-order valence-corrected chi connectivity index (χ1v) is 12.0. The predicted octanol–water partition coefficient (Wildman–Crippen LogP) is 2.71. The second-order valence-corrected chi connectivity index (χ2v) is 7.99. The molecule has 0 spiro atoms. The fourth-order valence-electron chi connectivity index (χ4n) is 3.67. The molecule has 180 valence electrons. The van der Waals surface area contributed by atoms with Gasteiger partial charge in [0.25, 0.3) is 5.91 Å². The summed E-state index contributed by atoms with van der Waals surface area (Å²) >= 11 is 0. The summed E-state index contributed by atoms with van der Waals surface area (Å²) in [6, 6.07) is 10.0. The van der Waals surface area contributed by atoms with Crippen molar-refractivity contribution in [2.45, 2.75) is 33.7 Å². The van der Waals surface area contributed by atoms with Crippen molar-refractivity contribution >= 4 is 17.6 Å². The van der Waals surface area contributed by atoms with Gasteiger partial charge in [-0.3, -0.25) is 14.6 Å². The summed E-state index contributed by atoms with van der Waals surface area (Å²) in [5, 5.41) is 2.96. The van der Waals surface area contributed by atoms with Crippen LogP contribution in [0, 0.1) is 0 Å². The number of likely N-dealkylation sites (N-methyl/N-ethyl adjacent to an activating group) is 2. The Bertz CT molecular complexity index is 819. The summed E-state index contributed by atoms with van der Waals surface area (Å²) in [6.07, 6.45) is 8.96. The third-order valence-electron chi connectivity index (χ3n) is 5.50. The van der Waals surface area contributed by atoms with Gasteiger partial charge in [0.05, 0.1) is 13.1 Å². The van der Waals surface area contributed by atoms with Crippen LogP contribution in [0.3, 0.4) is 0 Å². The molecule has 0 saturated carbocycles. The lowest BCUT2D eigenvalue weighted by molar-refractivity contribution is -0.131. The van der Waals surface area contributed by atoms with Crippen LogP contribution in [0.1, 0.15) is 32.8 Å². The molecule has 1 N–H and O–H groups in total. The standard InChI is InChI=1S/C26H39N5O2/c1-4-18-29(5-2)20-17-27-24(32)22-30(6-3)26(33)25-28-16-12-7-8-13-19-31(25)21-23-14-10-9-11-15-23/h7-15H,4-6,16-22H2,1-3H3,(H,27,32)/b12-7-,13-8-,28-25?. The van der Waals surface area contributed by atoms with Gasteiger partial charge < -0.3 is 20.0 Å². The van der Waals surface area contributed by atoms with Gasteiger partial charge in [-0.25, -0.2) is 0 Å².